The van der Waals surface area contributed by atoms with Crippen LogP contribution in [0.25, 0.3) is 0 Å². The Morgan fingerprint density at radius 2 is 1.76 bits per heavy atom. The van der Waals surface area contributed by atoms with Gasteiger partial charge in [-0.1, -0.05) is 30.3 Å². The molecule has 3 aromatic rings. The van der Waals surface area contributed by atoms with Crippen molar-refractivity contribution in [1.82, 2.24) is 24.5 Å². The molecule has 2 unspecified atom stereocenters. The summed E-state index contributed by atoms with van der Waals surface area (Å²) in [7, 11) is 0.628. The average Bonchev–Trinajstić information content (AvgIpc) is 3.20. The van der Waals surface area contributed by atoms with Crippen LogP contribution in [0.3, 0.4) is 0 Å². The van der Waals surface area contributed by atoms with E-state index in [9.17, 15) is 18.0 Å². The Morgan fingerprint density at radius 1 is 1.11 bits per heavy atom. The summed E-state index contributed by atoms with van der Waals surface area (Å²) in [5.74, 6) is 0.213. The van der Waals surface area contributed by atoms with Crippen molar-refractivity contribution in [2.24, 2.45) is 7.05 Å². The fraction of sp³-hybridized carbons (Fsp3) is 0.320. The Labute approximate surface area is 217 Å². The van der Waals surface area contributed by atoms with Crippen LogP contribution in [0, 0.1) is 6.92 Å². The van der Waals surface area contributed by atoms with Crippen LogP contribution in [-0.4, -0.2) is 50.3 Å². The number of aromatic nitrogens is 2. The number of nitrogens with zero attached hydrogens (tertiary/aromatic N) is 3. The van der Waals surface area contributed by atoms with E-state index in [2.05, 4.69) is 15.1 Å². The van der Waals surface area contributed by atoms with Crippen molar-refractivity contribution in [3.8, 4) is 5.75 Å². The molecule has 2 atom stereocenters. The van der Waals surface area contributed by atoms with E-state index in [1.165, 1.54) is 4.90 Å². The Bertz CT molecular complexity index is 1330. The van der Waals surface area contributed by atoms with E-state index in [4.69, 9.17) is 4.74 Å². The van der Waals surface area contributed by atoms with E-state index in [-0.39, 0.29) is 6.42 Å². The largest absolute Gasteiger partial charge is 0.497 e. The van der Waals surface area contributed by atoms with Gasteiger partial charge in [0.15, 0.2) is 0 Å². The number of urea groups is 1. The molecule has 0 fully saturated rings. The highest BCUT2D eigenvalue weighted by Gasteiger charge is 2.28. The number of carbonyl (C=O) groups excluding carboxylic acids is 2. The minimum atomic E-state index is -4.25. The third-order valence-corrected chi connectivity index (χ3v) is 7.09. The van der Waals surface area contributed by atoms with Crippen molar-refractivity contribution in [2.45, 2.75) is 32.4 Å². The predicted molar refractivity (Wildman–Crippen MR) is 140 cm³/mol. The number of amides is 3. The second-order valence-corrected chi connectivity index (χ2v) is 10.0. The van der Waals surface area contributed by atoms with Crippen LogP contribution in [-0.2, 0) is 28.5 Å². The van der Waals surface area contributed by atoms with E-state index in [1.54, 1.807) is 63.3 Å². The van der Waals surface area contributed by atoms with Crippen LogP contribution < -0.4 is 24.4 Å². The molecular formula is C25H32N6O5S. The predicted octanol–water partition coefficient (Wildman–Crippen LogP) is 2.21. The highest BCUT2D eigenvalue weighted by molar-refractivity contribution is 7.88. The molecule has 1 heterocycles. The smallest absolute Gasteiger partial charge is 0.330 e. The van der Waals surface area contributed by atoms with Gasteiger partial charge >= 0.3 is 16.2 Å². The molecule has 1 aromatic heterocycles. The molecular weight excluding hydrogens is 496 g/mol. The van der Waals surface area contributed by atoms with E-state index in [0.717, 1.165) is 11.3 Å². The van der Waals surface area contributed by atoms with Crippen molar-refractivity contribution in [1.29, 1.82) is 0 Å². The van der Waals surface area contributed by atoms with Gasteiger partial charge < -0.3 is 15.0 Å². The molecule has 12 heteroatoms. The summed E-state index contributed by atoms with van der Waals surface area (Å²) >= 11 is 0. The van der Waals surface area contributed by atoms with Gasteiger partial charge in [-0.2, -0.15) is 18.2 Å². The number of hydrogen-bond donors (Lipinski definition) is 3. The molecule has 11 nitrogen and oxygen atoms in total. The van der Waals surface area contributed by atoms with Crippen LogP contribution in [0.1, 0.15) is 29.8 Å². The van der Waals surface area contributed by atoms with Crippen molar-refractivity contribution < 1.29 is 22.7 Å². The number of ether oxygens (including phenoxy) is 1. The molecule has 0 aliphatic rings. The standard InChI is InChI=1S/C25H32N6O5S/c1-17(22-16-26-31(4)18(22)2)28-37(34,35)29-25(33)27-23(15-19-9-7-6-8-10-19)24(32)30(3)20-11-13-21(36-5)14-12-20/h6-14,16-17,23,28H,15H2,1-5H3,(H2,27,29,33). The van der Waals surface area contributed by atoms with Gasteiger partial charge in [-0.25, -0.2) is 9.52 Å². The molecule has 198 valence electrons. The first-order valence-corrected chi connectivity index (χ1v) is 13.0. The molecule has 3 amide bonds. The Hall–Kier alpha value is -3.90. The van der Waals surface area contributed by atoms with Gasteiger partial charge in [0, 0.05) is 43.5 Å². The Morgan fingerprint density at radius 3 is 2.32 bits per heavy atom. The number of carbonyl (C=O) groups is 2. The first kappa shape index (κ1) is 27.7. The Balaban J connectivity index is 1.74. The number of likely N-dealkylation sites (N-methyl/N-ethyl adjacent to an activating group) is 1. The number of benzene rings is 2. The van der Waals surface area contributed by atoms with Gasteiger partial charge in [0.05, 0.1) is 13.3 Å². The third-order valence-electron chi connectivity index (χ3n) is 5.98. The first-order chi connectivity index (χ1) is 17.5. The van der Waals surface area contributed by atoms with Crippen LogP contribution in [0.5, 0.6) is 5.75 Å². The van der Waals surface area contributed by atoms with Gasteiger partial charge in [0.25, 0.3) is 0 Å². The van der Waals surface area contributed by atoms with Gasteiger partial charge in [-0.05, 0) is 43.7 Å². The molecule has 0 bridgehead atoms. The summed E-state index contributed by atoms with van der Waals surface area (Å²) in [6.45, 7) is 3.46. The maximum Gasteiger partial charge on any atom is 0.330 e. The molecule has 0 radical (unpaired) electrons. The molecule has 3 rings (SSSR count). The van der Waals surface area contributed by atoms with Crippen LogP contribution in [0.4, 0.5) is 10.5 Å². The van der Waals surface area contributed by atoms with Gasteiger partial charge in [0.1, 0.15) is 11.8 Å². The van der Waals surface area contributed by atoms with Crippen molar-refractivity contribution in [2.75, 3.05) is 19.1 Å². The summed E-state index contributed by atoms with van der Waals surface area (Å²) in [5, 5.41) is 6.63. The highest BCUT2D eigenvalue weighted by Crippen LogP contribution is 2.20. The molecule has 0 saturated heterocycles. The van der Waals surface area contributed by atoms with Crippen molar-refractivity contribution in [3.63, 3.8) is 0 Å². The lowest BCUT2D eigenvalue weighted by molar-refractivity contribution is -0.120. The van der Waals surface area contributed by atoms with Gasteiger partial charge in [-0.15, -0.1) is 0 Å². The normalized spacial score (nSPS) is 12.9. The minimum absolute atomic E-state index is 0.159. The quantitative estimate of drug-likeness (QED) is 0.369. The highest BCUT2D eigenvalue weighted by atomic mass is 32.2. The van der Waals surface area contributed by atoms with Crippen LogP contribution in [0.15, 0.2) is 60.8 Å². The molecule has 37 heavy (non-hydrogen) atoms. The lowest BCUT2D eigenvalue weighted by atomic mass is 10.0. The number of methoxy groups -OCH3 is 1. The fourth-order valence-electron chi connectivity index (χ4n) is 3.79. The maximum absolute atomic E-state index is 13.4. The molecule has 0 aliphatic heterocycles. The van der Waals surface area contributed by atoms with E-state index >= 15 is 0 Å². The van der Waals surface area contributed by atoms with Gasteiger partial charge in [-0.3, -0.25) is 9.48 Å². The van der Waals surface area contributed by atoms with E-state index < -0.39 is 34.2 Å². The average molecular weight is 529 g/mol. The third kappa shape index (κ3) is 7.30. The Kier molecular flexibility index (Phi) is 8.90. The first-order valence-electron chi connectivity index (χ1n) is 11.6. The molecule has 0 aliphatic carbocycles. The van der Waals surface area contributed by atoms with Gasteiger partial charge in [0.2, 0.25) is 5.91 Å². The SMILES string of the molecule is COc1ccc(N(C)C(=O)C(Cc2ccccc2)NC(=O)NS(=O)(=O)NC(C)c2cnn(C)c2C)cc1. The zero-order valence-corrected chi connectivity index (χ0v) is 22.2. The number of hydrogen-bond acceptors (Lipinski definition) is 6. The number of aryl methyl sites for hydroxylation is 1. The van der Waals surface area contributed by atoms with E-state index in [0.29, 0.717) is 17.0 Å². The van der Waals surface area contributed by atoms with Crippen LogP contribution >= 0.6 is 0 Å². The molecule has 0 saturated carbocycles. The van der Waals surface area contributed by atoms with Crippen molar-refractivity contribution in [3.05, 3.63) is 77.6 Å². The molecule has 2 aromatic carbocycles. The maximum atomic E-state index is 13.4. The van der Waals surface area contributed by atoms with E-state index in [1.807, 2.05) is 42.0 Å². The monoisotopic (exact) mass is 528 g/mol. The van der Waals surface area contributed by atoms with Crippen molar-refractivity contribution >= 4 is 27.8 Å². The zero-order chi connectivity index (χ0) is 27.2. The lowest BCUT2D eigenvalue weighted by Gasteiger charge is -2.25. The zero-order valence-electron chi connectivity index (χ0n) is 21.4. The second-order valence-electron chi connectivity index (χ2n) is 8.57. The number of rotatable bonds is 10. The minimum Gasteiger partial charge on any atom is -0.497 e. The summed E-state index contributed by atoms with van der Waals surface area (Å²) in [6.07, 6.45) is 1.72. The fourth-order valence-corrected chi connectivity index (χ4v) is 4.75. The summed E-state index contributed by atoms with van der Waals surface area (Å²) in [5.41, 5.74) is 2.84. The second kappa shape index (κ2) is 11.9. The molecule has 3 N–H and O–H groups in total. The van der Waals surface area contributed by atoms with Crippen LogP contribution in [0.2, 0.25) is 0 Å². The summed E-state index contributed by atoms with van der Waals surface area (Å²) in [4.78, 5) is 27.5. The summed E-state index contributed by atoms with van der Waals surface area (Å²) in [6, 6.07) is 13.3. The molecule has 0 spiro atoms. The topological polar surface area (TPSA) is 135 Å². The summed E-state index contributed by atoms with van der Waals surface area (Å²) < 4.78 is 36.4. The number of nitrogens with one attached hydrogen (secondary N) is 3. The number of anilines is 1. The lowest BCUT2D eigenvalue weighted by Crippen LogP contribution is -2.54.